The maximum atomic E-state index is 11.1. The molecule has 1 aromatic rings. The molecule has 2 unspecified atom stereocenters. The van der Waals surface area contributed by atoms with Gasteiger partial charge in [0.1, 0.15) is 11.9 Å². The van der Waals surface area contributed by atoms with Crippen LogP contribution < -0.4 is 10.5 Å². The zero-order chi connectivity index (χ0) is 13.1. The van der Waals surface area contributed by atoms with Gasteiger partial charge in [-0.15, -0.1) is 0 Å². The Morgan fingerprint density at radius 1 is 1.44 bits per heavy atom. The highest BCUT2D eigenvalue weighted by atomic mass is 35.5. The number of benzene rings is 1. The molecule has 0 radical (unpaired) electrons. The van der Waals surface area contributed by atoms with Gasteiger partial charge in [0.15, 0.2) is 0 Å². The summed E-state index contributed by atoms with van der Waals surface area (Å²) in [5.74, 6) is 0.544. The molecule has 0 bridgehead atoms. The maximum Gasteiger partial charge on any atom is 0.314 e. The molecule has 0 aliphatic carbocycles. The van der Waals surface area contributed by atoms with E-state index in [1.807, 2.05) is 0 Å². The van der Waals surface area contributed by atoms with Crippen LogP contribution in [0.2, 0.25) is 5.02 Å². The van der Waals surface area contributed by atoms with E-state index in [-0.39, 0.29) is 18.6 Å². The van der Waals surface area contributed by atoms with Crippen molar-refractivity contribution in [3.05, 3.63) is 29.3 Å². The Morgan fingerprint density at radius 3 is 2.67 bits per heavy atom. The van der Waals surface area contributed by atoms with Crippen molar-refractivity contribution in [2.75, 3.05) is 19.7 Å². The van der Waals surface area contributed by atoms with Gasteiger partial charge in [0, 0.05) is 17.5 Å². The Balaban J connectivity index is 2.03. The zero-order valence-electron chi connectivity index (χ0n) is 9.75. The minimum absolute atomic E-state index is 0.0396. The second-order valence-electron chi connectivity index (χ2n) is 4.30. The van der Waals surface area contributed by atoms with Crippen molar-refractivity contribution >= 4 is 17.6 Å². The third-order valence-electron chi connectivity index (χ3n) is 3.03. The predicted octanol–water partition coefficient (Wildman–Crippen LogP) is 1.09. The average Bonchev–Trinajstić information content (AvgIpc) is 2.75. The van der Waals surface area contributed by atoms with Crippen LogP contribution in [0.5, 0.6) is 5.75 Å². The third kappa shape index (κ3) is 2.86. The molecule has 2 rings (SSSR count). The zero-order valence-corrected chi connectivity index (χ0v) is 10.5. The number of amides is 2. The van der Waals surface area contributed by atoms with Crippen molar-refractivity contribution in [2.45, 2.75) is 6.10 Å². The highest BCUT2D eigenvalue weighted by molar-refractivity contribution is 6.30. The Bertz CT molecular complexity index is 424. The summed E-state index contributed by atoms with van der Waals surface area (Å²) in [6, 6.07) is 6.47. The first-order valence-corrected chi connectivity index (χ1v) is 6.05. The van der Waals surface area contributed by atoms with Gasteiger partial charge in [0.25, 0.3) is 0 Å². The number of rotatable bonds is 3. The van der Waals surface area contributed by atoms with Gasteiger partial charge in [0.05, 0.1) is 13.2 Å². The van der Waals surface area contributed by atoms with Crippen LogP contribution >= 0.6 is 11.6 Å². The van der Waals surface area contributed by atoms with Crippen LogP contribution in [0.1, 0.15) is 0 Å². The van der Waals surface area contributed by atoms with E-state index in [9.17, 15) is 9.90 Å². The fourth-order valence-electron chi connectivity index (χ4n) is 2.02. The molecule has 18 heavy (non-hydrogen) atoms. The van der Waals surface area contributed by atoms with Crippen molar-refractivity contribution < 1.29 is 14.6 Å². The molecule has 98 valence electrons. The Morgan fingerprint density at radius 2 is 2.11 bits per heavy atom. The molecule has 0 aromatic heterocycles. The van der Waals surface area contributed by atoms with Crippen LogP contribution in [-0.2, 0) is 0 Å². The van der Waals surface area contributed by atoms with Crippen molar-refractivity contribution in [3.8, 4) is 5.75 Å². The number of nitrogens with zero attached hydrogens (tertiary/aromatic N) is 1. The number of hydrogen-bond donors (Lipinski definition) is 2. The number of ether oxygens (including phenoxy) is 1. The van der Waals surface area contributed by atoms with E-state index >= 15 is 0 Å². The van der Waals surface area contributed by atoms with Crippen molar-refractivity contribution in [2.24, 2.45) is 11.7 Å². The minimum Gasteiger partial charge on any atom is -0.488 e. The fraction of sp³-hybridized carbons (Fsp3) is 0.417. The van der Waals surface area contributed by atoms with Crippen LogP contribution in [0.15, 0.2) is 24.3 Å². The first-order valence-electron chi connectivity index (χ1n) is 5.67. The molecule has 1 aromatic carbocycles. The van der Waals surface area contributed by atoms with Crippen LogP contribution in [0.4, 0.5) is 4.79 Å². The van der Waals surface area contributed by atoms with Gasteiger partial charge >= 0.3 is 6.03 Å². The Kier molecular flexibility index (Phi) is 3.93. The largest absolute Gasteiger partial charge is 0.488 e. The first-order chi connectivity index (χ1) is 8.60. The SMILES string of the molecule is NC(=O)N1CC(CO)C(Oc2ccc(Cl)cc2)C1. The monoisotopic (exact) mass is 270 g/mol. The number of hydrogen-bond acceptors (Lipinski definition) is 3. The minimum atomic E-state index is -0.490. The van der Waals surface area contributed by atoms with Crippen LogP contribution in [-0.4, -0.2) is 41.8 Å². The molecule has 3 N–H and O–H groups in total. The quantitative estimate of drug-likeness (QED) is 0.863. The molecule has 1 heterocycles. The van der Waals surface area contributed by atoms with Crippen LogP contribution in [0.25, 0.3) is 0 Å². The Labute approximate surface area is 110 Å². The molecule has 6 heteroatoms. The molecule has 1 saturated heterocycles. The lowest BCUT2D eigenvalue weighted by molar-refractivity contribution is 0.122. The summed E-state index contributed by atoms with van der Waals surface area (Å²) in [4.78, 5) is 12.6. The highest BCUT2D eigenvalue weighted by Crippen LogP contribution is 2.23. The number of primary amides is 1. The second-order valence-corrected chi connectivity index (χ2v) is 4.73. The van der Waals surface area contributed by atoms with Gasteiger partial charge in [0.2, 0.25) is 0 Å². The van der Waals surface area contributed by atoms with Gasteiger partial charge in [-0.25, -0.2) is 4.79 Å². The lowest BCUT2D eigenvalue weighted by Gasteiger charge is -2.18. The summed E-state index contributed by atoms with van der Waals surface area (Å²) >= 11 is 5.78. The summed E-state index contributed by atoms with van der Waals surface area (Å²) in [7, 11) is 0. The molecular formula is C12H15ClN2O3. The van der Waals surface area contributed by atoms with Crippen molar-refractivity contribution in [1.82, 2.24) is 4.90 Å². The number of urea groups is 1. The molecule has 0 saturated carbocycles. The molecule has 0 spiro atoms. The lowest BCUT2D eigenvalue weighted by Crippen LogP contribution is -2.35. The van der Waals surface area contributed by atoms with Crippen LogP contribution in [0.3, 0.4) is 0 Å². The molecule has 2 amide bonds. The number of halogens is 1. The molecular weight excluding hydrogens is 256 g/mol. The molecule has 1 aliphatic rings. The van der Waals surface area contributed by atoms with E-state index in [1.165, 1.54) is 4.90 Å². The van der Waals surface area contributed by atoms with E-state index < -0.39 is 6.03 Å². The standard InChI is InChI=1S/C12H15ClN2O3/c13-9-1-3-10(4-2-9)18-11-6-15(12(14)17)5-8(11)7-16/h1-4,8,11,16H,5-7H2,(H2,14,17). The van der Waals surface area contributed by atoms with Crippen molar-refractivity contribution in [3.63, 3.8) is 0 Å². The summed E-state index contributed by atoms with van der Waals surface area (Å²) < 4.78 is 5.75. The third-order valence-corrected chi connectivity index (χ3v) is 3.28. The van der Waals surface area contributed by atoms with E-state index in [0.29, 0.717) is 23.9 Å². The predicted molar refractivity (Wildman–Crippen MR) is 67.6 cm³/mol. The van der Waals surface area contributed by atoms with E-state index in [2.05, 4.69) is 0 Å². The lowest BCUT2D eigenvalue weighted by atomic mass is 10.1. The number of carbonyl (C=O) groups is 1. The fourth-order valence-corrected chi connectivity index (χ4v) is 2.14. The number of aliphatic hydroxyl groups excluding tert-OH is 1. The second kappa shape index (κ2) is 5.46. The molecule has 2 atom stereocenters. The first kappa shape index (κ1) is 13.0. The number of nitrogens with two attached hydrogens (primary N) is 1. The van der Waals surface area contributed by atoms with Crippen LogP contribution in [0, 0.1) is 5.92 Å². The van der Waals surface area contributed by atoms with E-state index in [0.717, 1.165) is 0 Å². The molecule has 5 nitrogen and oxygen atoms in total. The van der Waals surface area contributed by atoms with Gasteiger partial charge in [-0.3, -0.25) is 0 Å². The maximum absolute atomic E-state index is 11.1. The summed E-state index contributed by atoms with van der Waals surface area (Å²) in [6.07, 6.45) is -0.247. The molecule has 1 aliphatic heterocycles. The average molecular weight is 271 g/mol. The number of carbonyl (C=O) groups excluding carboxylic acids is 1. The summed E-state index contributed by atoms with van der Waals surface area (Å²) in [5, 5.41) is 9.91. The van der Waals surface area contributed by atoms with Gasteiger partial charge in [-0.05, 0) is 24.3 Å². The summed E-state index contributed by atoms with van der Waals surface area (Å²) in [6.45, 7) is 0.773. The topological polar surface area (TPSA) is 75.8 Å². The van der Waals surface area contributed by atoms with Gasteiger partial charge in [-0.1, -0.05) is 11.6 Å². The van der Waals surface area contributed by atoms with E-state index in [4.69, 9.17) is 22.1 Å². The van der Waals surface area contributed by atoms with Gasteiger partial charge < -0.3 is 20.5 Å². The summed E-state index contributed by atoms with van der Waals surface area (Å²) in [5.41, 5.74) is 5.22. The molecule has 1 fully saturated rings. The smallest absolute Gasteiger partial charge is 0.314 e. The Hall–Kier alpha value is -1.46. The number of aliphatic hydroxyl groups is 1. The normalized spacial score (nSPS) is 23.1. The highest BCUT2D eigenvalue weighted by Gasteiger charge is 2.35. The van der Waals surface area contributed by atoms with Gasteiger partial charge in [-0.2, -0.15) is 0 Å². The number of likely N-dealkylation sites (tertiary alicyclic amines) is 1. The van der Waals surface area contributed by atoms with Crippen molar-refractivity contribution in [1.29, 1.82) is 0 Å². The van der Waals surface area contributed by atoms with E-state index in [1.54, 1.807) is 24.3 Å².